The zero-order valence-corrected chi connectivity index (χ0v) is 11.8. The normalized spacial score (nSPS) is 23.4. The topological polar surface area (TPSA) is 12.0 Å². The van der Waals surface area contributed by atoms with E-state index in [2.05, 4.69) is 32.2 Å². The Bertz CT molecular complexity index is 398. The Labute approximate surface area is 110 Å². The van der Waals surface area contributed by atoms with Crippen LogP contribution in [0.15, 0.2) is 18.2 Å². The van der Waals surface area contributed by atoms with Crippen LogP contribution < -0.4 is 5.32 Å². The third kappa shape index (κ3) is 2.77. The van der Waals surface area contributed by atoms with E-state index >= 15 is 0 Å². The van der Waals surface area contributed by atoms with E-state index in [-0.39, 0.29) is 0 Å². The van der Waals surface area contributed by atoms with Crippen LogP contribution in [-0.2, 0) is 0 Å². The van der Waals surface area contributed by atoms with Crippen LogP contribution >= 0.6 is 11.6 Å². The molecule has 0 amide bonds. The van der Waals surface area contributed by atoms with Gasteiger partial charge in [-0.1, -0.05) is 44.4 Å². The number of benzene rings is 1. The van der Waals surface area contributed by atoms with Gasteiger partial charge in [0.2, 0.25) is 0 Å². The summed E-state index contributed by atoms with van der Waals surface area (Å²) < 4.78 is 0. The second-order valence-electron chi connectivity index (χ2n) is 5.84. The lowest BCUT2D eigenvalue weighted by Crippen LogP contribution is -2.39. The molecule has 0 aromatic heterocycles. The van der Waals surface area contributed by atoms with E-state index in [4.69, 9.17) is 11.6 Å². The fourth-order valence-corrected chi connectivity index (χ4v) is 2.89. The van der Waals surface area contributed by atoms with Crippen molar-refractivity contribution >= 4 is 17.3 Å². The fraction of sp³-hybridized carbons (Fsp3) is 0.600. The van der Waals surface area contributed by atoms with Gasteiger partial charge in [-0.2, -0.15) is 0 Å². The van der Waals surface area contributed by atoms with Crippen LogP contribution in [0.3, 0.4) is 0 Å². The van der Waals surface area contributed by atoms with Gasteiger partial charge < -0.3 is 5.32 Å². The van der Waals surface area contributed by atoms with E-state index in [1.54, 1.807) is 0 Å². The smallest absolute Gasteiger partial charge is 0.0455 e. The molecular formula is C15H22ClN. The van der Waals surface area contributed by atoms with Crippen molar-refractivity contribution in [3.05, 3.63) is 28.8 Å². The molecule has 17 heavy (non-hydrogen) atoms. The van der Waals surface area contributed by atoms with Crippen LogP contribution in [0.25, 0.3) is 0 Å². The van der Waals surface area contributed by atoms with Crippen molar-refractivity contribution in [2.24, 2.45) is 5.41 Å². The van der Waals surface area contributed by atoms with Gasteiger partial charge in [0.05, 0.1) is 0 Å². The molecule has 1 aromatic rings. The van der Waals surface area contributed by atoms with Gasteiger partial charge in [-0.25, -0.2) is 0 Å². The molecule has 1 fully saturated rings. The molecule has 1 nitrogen and oxygen atoms in total. The molecule has 0 aliphatic heterocycles. The van der Waals surface area contributed by atoms with Gasteiger partial charge in [0.25, 0.3) is 0 Å². The average molecular weight is 252 g/mol. The minimum Gasteiger partial charge on any atom is -0.382 e. The molecule has 1 N–H and O–H groups in total. The van der Waals surface area contributed by atoms with E-state index < -0.39 is 0 Å². The van der Waals surface area contributed by atoms with Gasteiger partial charge in [-0.15, -0.1) is 0 Å². The highest BCUT2D eigenvalue weighted by molar-refractivity contribution is 6.31. The van der Waals surface area contributed by atoms with E-state index in [9.17, 15) is 0 Å². The first-order chi connectivity index (χ1) is 8.00. The highest BCUT2D eigenvalue weighted by Gasteiger charge is 2.32. The summed E-state index contributed by atoms with van der Waals surface area (Å²) in [6.07, 6.45) is 5.27. The second kappa shape index (κ2) is 4.89. The summed E-state index contributed by atoms with van der Waals surface area (Å²) in [7, 11) is 0. The Balaban J connectivity index is 2.17. The first kappa shape index (κ1) is 12.8. The highest BCUT2D eigenvalue weighted by atomic mass is 35.5. The summed E-state index contributed by atoms with van der Waals surface area (Å²) in [6.45, 7) is 6.81. The van der Waals surface area contributed by atoms with Crippen molar-refractivity contribution in [1.82, 2.24) is 0 Å². The van der Waals surface area contributed by atoms with Crippen molar-refractivity contribution in [1.29, 1.82) is 0 Å². The molecule has 1 aromatic carbocycles. The van der Waals surface area contributed by atoms with Gasteiger partial charge in [-0.05, 0) is 42.9 Å². The number of anilines is 1. The predicted octanol–water partition coefficient (Wildman–Crippen LogP) is 5.03. The number of nitrogens with one attached hydrogen (secondary N) is 1. The van der Waals surface area contributed by atoms with E-state index in [0.29, 0.717) is 11.5 Å². The third-order valence-electron chi connectivity index (χ3n) is 4.10. The third-order valence-corrected chi connectivity index (χ3v) is 4.51. The monoisotopic (exact) mass is 251 g/mol. The van der Waals surface area contributed by atoms with Crippen LogP contribution in [0.1, 0.15) is 45.1 Å². The minimum atomic E-state index is 0.382. The van der Waals surface area contributed by atoms with Crippen LogP contribution in [0.5, 0.6) is 0 Å². The molecule has 0 bridgehead atoms. The summed E-state index contributed by atoms with van der Waals surface area (Å²) in [6, 6.07) is 6.67. The summed E-state index contributed by atoms with van der Waals surface area (Å²) in [4.78, 5) is 0. The maximum absolute atomic E-state index is 6.16. The average Bonchev–Trinajstić information content (AvgIpc) is 2.27. The summed E-state index contributed by atoms with van der Waals surface area (Å²) in [5.41, 5.74) is 2.74. The lowest BCUT2D eigenvalue weighted by Gasteiger charge is -2.40. The lowest BCUT2D eigenvalue weighted by atomic mass is 9.73. The Morgan fingerprint density at radius 3 is 2.76 bits per heavy atom. The maximum Gasteiger partial charge on any atom is 0.0455 e. The van der Waals surface area contributed by atoms with Gasteiger partial charge in [-0.3, -0.25) is 0 Å². The van der Waals surface area contributed by atoms with E-state index in [1.165, 1.54) is 31.4 Å². The van der Waals surface area contributed by atoms with Gasteiger partial charge in [0.15, 0.2) is 0 Å². The first-order valence-electron chi connectivity index (χ1n) is 6.52. The Hall–Kier alpha value is -0.690. The van der Waals surface area contributed by atoms with Crippen LogP contribution in [0.4, 0.5) is 5.69 Å². The highest BCUT2D eigenvalue weighted by Crippen LogP contribution is 2.38. The molecule has 1 unspecified atom stereocenters. The SMILES string of the molecule is Cc1c(Cl)cccc1NC1CCCCC1(C)C. The molecule has 1 aliphatic carbocycles. The number of halogens is 1. The Morgan fingerprint density at radius 1 is 1.29 bits per heavy atom. The molecule has 0 saturated heterocycles. The van der Waals surface area contributed by atoms with Gasteiger partial charge >= 0.3 is 0 Å². The zero-order chi connectivity index (χ0) is 12.5. The van der Waals surface area contributed by atoms with Crippen LogP contribution in [0, 0.1) is 12.3 Å². The first-order valence-corrected chi connectivity index (χ1v) is 6.90. The minimum absolute atomic E-state index is 0.382. The summed E-state index contributed by atoms with van der Waals surface area (Å²) >= 11 is 6.16. The van der Waals surface area contributed by atoms with Crippen molar-refractivity contribution in [2.75, 3.05) is 5.32 Å². The quantitative estimate of drug-likeness (QED) is 0.778. The second-order valence-corrected chi connectivity index (χ2v) is 6.25. The van der Waals surface area contributed by atoms with Gasteiger partial charge in [0.1, 0.15) is 0 Å². The lowest BCUT2D eigenvalue weighted by molar-refractivity contribution is 0.217. The number of hydrogen-bond acceptors (Lipinski definition) is 1. The van der Waals surface area contributed by atoms with E-state index in [0.717, 1.165) is 10.6 Å². The Morgan fingerprint density at radius 2 is 2.06 bits per heavy atom. The molecule has 94 valence electrons. The molecule has 1 saturated carbocycles. The molecule has 2 rings (SSSR count). The number of rotatable bonds is 2. The molecule has 0 radical (unpaired) electrons. The van der Waals surface area contributed by atoms with Crippen molar-refractivity contribution < 1.29 is 0 Å². The fourth-order valence-electron chi connectivity index (χ4n) is 2.71. The molecular weight excluding hydrogens is 230 g/mol. The van der Waals surface area contributed by atoms with E-state index in [1.807, 2.05) is 12.1 Å². The molecule has 1 atom stereocenters. The molecule has 2 heteroatoms. The van der Waals surface area contributed by atoms with Crippen LogP contribution in [0.2, 0.25) is 5.02 Å². The zero-order valence-electron chi connectivity index (χ0n) is 11.0. The standard InChI is InChI=1S/C15H22ClN/c1-11-12(16)7-6-8-13(11)17-14-9-4-5-10-15(14,2)3/h6-8,14,17H,4-5,9-10H2,1-3H3. The maximum atomic E-state index is 6.16. The molecule has 0 spiro atoms. The molecule has 1 aliphatic rings. The largest absolute Gasteiger partial charge is 0.382 e. The predicted molar refractivity (Wildman–Crippen MR) is 75.8 cm³/mol. The summed E-state index contributed by atoms with van der Waals surface area (Å²) in [5.74, 6) is 0. The summed E-state index contributed by atoms with van der Waals surface area (Å²) in [5, 5.41) is 4.55. The van der Waals surface area contributed by atoms with Crippen molar-refractivity contribution in [3.63, 3.8) is 0 Å². The van der Waals surface area contributed by atoms with Crippen molar-refractivity contribution in [2.45, 2.75) is 52.5 Å². The van der Waals surface area contributed by atoms with Crippen LogP contribution in [-0.4, -0.2) is 6.04 Å². The van der Waals surface area contributed by atoms with Crippen molar-refractivity contribution in [3.8, 4) is 0 Å². The number of hydrogen-bond donors (Lipinski definition) is 1. The molecule has 0 heterocycles. The van der Waals surface area contributed by atoms with Gasteiger partial charge in [0, 0.05) is 16.8 Å². The Kier molecular flexibility index (Phi) is 3.67.